The fourth-order valence-electron chi connectivity index (χ4n) is 1.04. The number of aromatic nitrogens is 1. The Hall–Kier alpha value is -1.52. The molecule has 0 aliphatic carbocycles. The van der Waals surface area contributed by atoms with E-state index in [1.165, 1.54) is 0 Å². The molecule has 0 spiro atoms. The second kappa shape index (κ2) is 4.82. The van der Waals surface area contributed by atoms with E-state index < -0.39 is 5.97 Å². The summed E-state index contributed by atoms with van der Waals surface area (Å²) in [5.41, 5.74) is 0.571. The van der Waals surface area contributed by atoms with Crippen LogP contribution >= 0.6 is 0 Å². The molecule has 0 amide bonds. The zero-order valence-corrected chi connectivity index (χ0v) is 9.36. The van der Waals surface area contributed by atoms with E-state index in [1.807, 2.05) is 13.8 Å². The summed E-state index contributed by atoms with van der Waals surface area (Å²) in [5, 5.41) is 3.66. The van der Waals surface area contributed by atoms with Gasteiger partial charge < -0.3 is 14.0 Å². The predicted molar refractivity (Wildman–Crippen MR) is 53.0 cm³/mol. The molecule has 0 aliphatic rings. The number of carbonyl (C=O) groups excluding carboxylic acids is 1. The summed E-state index contributed by atoms with van der Waals surface area (Å²) in [6.45, 7) is 7.49. The summed E-state index contributed by atoms with van der Waals surface area (Å²) >= 11 is 0. The molecule has 15 heavy (non-hydrogen) atoms. The molecule has 0 saturated heterocycles. The average molecular weight is 213 g/mol. The van der Waals surface area contributed by atoms with Crippen molar-refractivity contribution >= 4 is 5.97 Å². The molecule has 5 heteroatoms. The van der Waals surface area contributed by atoms with E-state index in [9.17, 15) is 4.79 Å². The molecular formula is C10H15NO4. The van der Waals surface area contributed by atoms with E-state index in [-0.39, 0.29) is 11.9 Å². The van der Waals surface area contributed by atoms with Crippen molar-refractivity contribution in [2.45, 2.75) is 33.8 Å². The van der Waals surface area contributed by atoms with Gasteiger partial charge >= 0.3 is 5.97 Å². The molecular weight excluding hydrogens is 198 g/mol. The number of ether oxygens (including phenoxy) is 2. The molecule has 1 rings (SSSR count). The third-order valence-corrected chi connectivity index (χ3v) is 1.69. The molecule has 0 aromatic carbocycles. The highest BCUT2D eigenvalue weighted by Crippen LogP contribution is 2.21. The third-order valence-electron chi connectivity index (χ3n) is 1.69. The van der Waals surface area contributed by atoms with E-state index in [0.717, 1.165) is 0 Å². The minimum atomic E-state index is -0.513. The van der Waals surface area contributed by atoms with Crippen molar-refractivity contribution < 1.29 is 18.8 Å². The van der Waals surface area contributed by atoms with Gasteiger partial charge in [0.25, 0.3) is 11.6 Å². The number of nitrogens with zero attached hydrogens (tertiary/aromatic N) is 1. The quantitative estimate of drug-likeness (QED) is 0.715. The Morgan fingerprint density at radius 2 is 2.20 bits per heavy atom. The fourth-order valence-corrected chi connectivity index (χ4v) is 1.04. The molecule has 0 N–H and O–H groups in total. The number of carbonyl (C=O) groups is 1. The van der Waals surface area contributed by atoms with Crippen LogP contribution < -0.4 is 4.74 Å². The first-order valence-electron chi connectivity index (χ1n) is 4.86. The van der Waals surface area contributed by atoms with Gasteiger partial charge in [-0.15, -0.1) is 0 Å². The van der Waals surface area contributed by atoms with Crippen LogP contribution in [0.3, 0.4) is 0 Å². The van der Waals surface area contributed by atoms with Gasteiger partial charge in [0, 0.05) is 0 Å². The van der Waals surface area contributed by atoms with Gasteiger partial charge in [-0.25, -0.2) is 4.79 Å². The van der Waals surface area contributed by atoms with Crippen LogP contribution in [-0.2, 0) is 4.74 Å². The number of rotatable bonds is 4. The fraction of sp³-hybridized carbons (Fsp3) is 0.600. The van der Waals surface area contributed by atoms with Crippen molar-refractivity contribution in [1.82, 2.24) is 5.16 Å². The zero-order chi connectivity index (χ0) is 11.4. The number of hydrogen-bond donors (Lipinski definition) is 0. The van der Waals surface area contributed by atoms with E-state index in [4.69, 9.17) is 14.0 Å². The number of esters is 1. The Labute approximate surface area is 88.3 Å². The van der Waals surface area contributed by atoms with Gasteiger partial charge in [0.1, 0.15) is 0 Å². The van der Waals surface area contributed by atoms with Crippen molar-refractivity contribution in [2.75, 3.05) is 6.61 Å². The van der Waals surface area contributed by atoms with Crippen molar-refractivity contribution in [3.05, 3.63) is 11.3 Å². The third kappa shape index (κ3) is 2.71. The molecule has 0 unspecified atom stereocenters. The lowest BCUT2D eigenvalue weighted by atomic mass is 10.3. The molecule has 84 valence electrons. The van der Waals surface area contributed by atoms with Crippen LogP contribution in [0.1, 0.15) is 36.9 Å². The standard InChI is InChI=1S/C10H15NO4/c1-5-13-10(12)8-7(4)9(11-15-8)14-6(2)3/h6H,5H2,1-4H3. The maximum Gasteiger partial charge on any atom is 0.377 e. The summed E-state index contributed by atoms with van der Waals surface area (Å²) in [6.07, 6.45) is -0.0103. The van der Waals surface area contributed by atoms with E-state index in [0.29, 0.717) is 18.1 Å². The maximum atomic E-state index is 11.4. The molecule has 0 radical (unpaired) electrons. The largest absolute Gasteiger partial charge is 0.473 e. The van der Waals surface area contributed by atoms with Crippen LogP contribution in [0.15, 0.2) is 4.52 Å². The van der Waals surface area contributed by atoms with E-state index >= 15 is 0 Å². The van der Waals surface area contributed by atoms with Crippen LogP contribution in [0, 0.1) is 6.92 Å². The maximum absolute atomic E-state index is 11.4. The van der Waals surface area contributed by atoms with Crippen molar-refractivity contribution in [3.63, 3.8) is 0 Å². The predicted octanol–water partition coefficient (Wildman–Crippen LogP) is 1.95. The van der Waals surface area contributed by atoms with Crippen molar-refractivity contribution in [3.8, 4) is 5.88 Å². The number of hydrogen-bond acceptors (Lipinski definition) is 5. The highest BCUT2D eigenvalue weighted by Gasteiger charge is 2.21. The second-order valence-electron chi connectivity index (χ2n) is 3.33. The van der Waals surface area contributed by atoms with E-state index in [2.05, 4.69) is 5.16 Å². The topological polar surface area (TPSA) is 61.6 Å². The molecule has 0 fully saturated rings. The molecule has 1 heterocycles. The SMILES string of the molecule is CCOC(=O)c1onc(OC(C)C)c1C. The first-order chi connectivity index (χ1) is 7.06. The van der Waals surface area contributed by atoms with Gasteiger partial charge in [-0.1, -0.05) is 0 Å². The zero-order valence-electron chi connectivity index (χ0n) is 9.36. The van der Waals surface area contributed by atoms with Crippen LogP contribution in [-0.4, -0.2) is 23.8 Å². The Bertz CT molecular complexity index is 343. The van der Waals surface area contributed by atoms with Gasteiger partial charge in [0.05, 0.1) is 18.3 Å². The van der Waals surface area contributed by atoms with E-state index in [1.54, 1.807) is 13.8 Å². The Morgan fingerprint density at radius 1 is 1.53 bits per heavy atom. The Morgan fingerprint density at radius 3 is 2.73 bits per heavy atom. The van der Waals surface area contributed by atoms with Crippen LogP contribution in [0.2, 0.25) is 0 Å². The highest BCUT2D eigenvalue weighted by molar-refractivity contribution is 5.88. The molecule has 1 aromatic heterocycles. The first-order valence-corrected chi connectivity index (χ1v) is 4.86. The van der Waals surface area contributed by atoms with Crippen molar-refractivity contribution in [1.29, 1.82) is 0 Å². The molecule has 0 saturated carbocycles. The highest BCUT2D eigenvalue weighted by atomic mass is 16.6. The first kappa shape index (κ1) is 11.6. The molecule has 1 aromatic rings. The lowest BCUT2D eigenvalue weighted by molar-refractivity contribution is 0.0478. The monoisotopic (exact) mass is 213 g/mol. The van der Waals surface area contributed by atoms with Gasteiger partial charge in [-0.3, -0.25) is 0 Å². The lowest BCUT2D eigenvalue weighted by Crippen LogP contribution is -2.08. The van der Waals surface area contributed by atoms with Gasteiger partial charge in [-0.05, 0) is 32.9 Å². The lowest BCUT2D eigenvalue weighted by Gasteiger charge is -2.05. The van der Waals surface area contributed by atoms with Crippen LogP contribution in [0.4, 0.5) is 0 Å². The van der Waals surface area contributed by atoms with Crippen LogP contribution in [0.25, 0.3) is 0 Å². The Kier molecular flexibility index (Phi) is 3.71. The summed E-state index contributed by atoms with van der Waals surface area (Å²) in [5.74, 6) is -0.0679. The van der Waals surface area contributed by atoms with Crippen molar-refractivity contribution in [2.24, 2.45) is 0 Å². The molecule has 0 bridgehead atoms. The summed E-state index contributed by atoms with van der Waals surface area (Å²) in [4.78, 5) is 11.4. The minimum Gasteiger partial charge on any atom is -0.473 e. The summed E-state index contributed by atoms with van der Waals surface area (Å²) in [6, 6.07) is 0. The van der Waals surface area contributed by atoms with Gasteiger partial charge in [0.2, 0.25) is 0 Å². The molecule has 0 atom stereocenters. The average Bonchev–Trinajstić information content (AvgIpc) is 2.48. The normalized spacial score (nSPS) is 10.5. The Balaban J connectivity index is 2.84. The minimum absolute atomic E-state index is 0.0103. The smallest absolute Gasteiger partial charge is 0.377 e. The van der Waals surface area contributed by atoms with Gasteiger partial charge in [0.15, 0.2) is 0 Å². The summed E-state index contributed by atoms with van der Waals surface area (Å²) in [7, 11) is 0. The van der Waals surface area contributed by atoms with Gasteiger partial charge in [-0.2, -0.15) is 0 Å². The second-order valence-corrected chi connectivity index (χ2v) is 3.33. The van der Waals surface area contributed by atoms with Crippen LogP contribution in [0.5, 0.6) is 5.88 Å². The summed E-state index contributed by atoms with van der Waals surface area (Å²) < 4.78 is 15.0. The molecule has 5 nitrogen and oxygen atoms in total. The molecule has 0 aliphatic heterocycles.